The summed E-state index contributed by atoms with van der Waals surface area (Å²) in [6.45, 7) is 3.53. The first kappa shape index (κ1) is 10.5. The van der Waals surface area contributed by atoms with Crippen LogP contribution in [0, 0.1) is 13.8 Å². The lowest BCUT2D eigenvalue weighted by Gasteiger charge is -1.98. The third kappa shape index (κ3) is 1.60. The highest BCUT2D eigenvalue weighted by atomic mass is 16.4. The molecule has 0 atom stereocenters. The van der Waals surface area contributed by atoms with Crippen molar-refractivity contribution in [2.45, 2.75) is 13.8 Å². The maximum Gasteiger partial charge on any atom is 0.339 e. The third-order valence-corrected chi connectivity index (χ3v) is 2.64. The number of aromatic carboxylic acids is 1. The first-order valence-electron chi connectivity index (χ1n) is 5.00. The van der Waals surface area contributed by atoms with Crippen LogP contribution in [0.25, 0.3) is 11.3 Å². The van der Waals surface area contributed by atoms with Gasteiger partial charge in [0.05, 0.1) is 0 Å². The summed E-state index contributed by atoms with van der Waals surface area (Å²) in [5.41, 5.74) is 1.73. The first-order chi connectivity index (χ1) is 7.61. The minimum absolute atomic E-state index is 0.253. The highest BCUT2D eigenvalue weighted by molar-refractivity contribution is 5.96. The number of carboxylic acids is 1. The summed E-state index contributed by atoms with van der Waals surface area (Å²) >= 11 is 0. The number of carboxylic acid groups (broad SMARTS) is 1. The topological polar surface area (TPSA) is 50.4 Å². The van der Waals surface area contributed by atoms with Crippen LogP contribution in [-0.2, 0) is 0 Å². The third-order valence-electron chi connectivity index (χ3n) is 2.64. The van der Waals surface area contributed by atoms with Crippen LogP contribution in [-0.4, -0.2) is 11.1 Å². The van der Waals surface area contributed by atoms with Gasteiger partial charge in [0.25, 0.3) is 0 Å². The SMILES string of the molecule is Cc1oc(-c2ccccc2)c(C(=O)O)c1C. The summed E-state index contributed by atoms with van der Waals surface area (Å²) in [4.78, 5) is 11.2. The fourth-order valence-electron chi connectivity index (χ4n) is 1.68. The van der Waals surface area contributed by atoms with E-state index in [1.165, 1.54) is 0 Å². The van der Waals surface area contributed by atoms with E-state index in [2.05, 4.69) is 0 Å². The van der Waals surface area contributed by atoms with Crippen LogP contribution in [0.4, 0.5) is 0 Å². The van der Waals surface area contributed by atoms with Crippen LogP contribution >= 0.6 is 0 Å². The van der Waals surface area contributed by atoms with Gasteiger partial charge in [-0.3, -0.25) is 0 Å². The minimum Gasteiger partial charge on any atom is -0.478 e. The Hall–Kier alpha value is -2.03. The Bertz CT molecular complexity index is 524. The summed E-state index contributed by atoms with van der Waals surface area (Å²) in [6, 6.07) is 9.27. The zero-order chi connectivity index (χ0) is 11.7. The van der Waals surface area contributed by atoms with Crippen LogP contribution in [0.3, 0.4) is 0 Å². The van der Waals surface area contributed by atoms with Gasteiger partial charge in [-0.25, -0.2) is 4.79 Å². The van der Waals surface area contributed by atoms with Crippen molar-refractivity contribution in [3.05, 3.63) is 47.2 Å². The minimum atomic E-state index is -0.951. The zero-order valence-corrected chi connectivity index (χ0v) is 9.15. The lowest BCUT2D eigenvalue weighted by molar-refractivity contribution is 0.0696. The van der Waals surface area contributed by atoms with Gasteiger partial charge in [0.1, 0.15) is 17.1 Å². The first-order valence-corrected chi connectivity index (χ1v) is 5.00. The highest BCUT2D eigenvalue weighted by Gasteiger charge is 2.21. The van der Waals surface area contributed by atoms with Crippen molar-refractivity contribution in [1.82, 2.24) is 0 Å². The second-order valence-corrected chi connectivity index (χ2v) is 3.66. The molecular formula is C13H12O3. The Morgan fingerprint density at radius 3 is 2.38 bits per heavy atom. The Labute approximate surface area is 93.3 Å². The van der Waals surface area contributed by atoms with Crippen LogP contribution in [0.2, 0.25) is 0 Å². The van der Waals surface area contributed by atoms with E-state index in [1.807, 2.05) is 30.3 Å². The molecule has 2 aromatic rings. The van der Waals surface area contributed by atoms with Gasteiger partial charge in [0, 0.05) is 11.1 Å². The second kappa shape index (κ2) is 3.85. The molecule has 0 aliphatic rings. The van der Waals surface area contributed by atoms with Crippen molar-refractivity contribution < 1.29 is 14.3 Å². The number of furan rings is 1. The van der Waals surface area contributed by atoms with Crippen molar-refractivity contribution in [2.75, 3.05) is 0 Å². The van der Waals surface area contributed by atoms with Gasteiger partial charge < -0.3 is 9.52 Å². The molecule has 0 aliphatic carbocycles. The van der Waals surface area contributed by atoms with Crippen LogP contribution < -0.4 is 0 Å². The molecule has 0 amide bonds. The van der Waals surface area contributed by atoms with Crippen molar-refractivity contribution in [1.29, 1.82) is 0 Å². The van der Waals surface area contributed by atoms with E-state index >= 15 is 0 Å². The van der Waals surface area contributed by atoms with Gasteiger partial charge in [-0.2, -0.15) is 0 Å². The number of hydrogen-bond donors (Lipinski definition) is 1. The average Bonchev–Trinajstić information content (AvgIpc) is 2.57. The average molecular weight is 216 g/mol. The lowest BCUT2D eigenvalue weighted by atomic mass is 10.1. The normalized spacial score (nSPS) is 10.4. The molecule has 3 heteroatoms. The Morgan fingerprint density at radius 1 is 1.19 bits per heavy atom. The van der Waals surface area contributed by atoms with Crippen LogP contribution in [0.5, 0.6) is 0 Å². The number of aryl methyl sites for hydroxylation is 1. The molecule has 16 heavy (non-hydrogen) atoms. The summed E-state index contributed by atoms with van der Waals surface area (Å²) < 4.78 is 5.51. The van der Waals surface area contributed by atoms with Gasteiger partial charge in [-0.15, -0.1) is 0 Å². The summed E-state index contributed by atoms with van der Waals surface area (Å²) in [6.07, 6.45) is 0. The standard InChI is InChI=1S/C13H12O3/c1-8-9(2)16-12(11(8)13(14)15)10-6-4-3-5-7-10/h3-7H,1-2H3,(H,14,15). The van der Waals surface area contributed by atoms with Crippen LogP contribution in [0.15, 0.2) is 34.7 Å². The Balaban J connectivity index is 2.66. The summed E-state index contributed by atoms with van der Waals surface area (Å²) in [7, 11) is 0. The quantitative estimate of drug-likeness (QED) is 0.838. The molecule has 0 radical (unpaired) electrons. The van der Waals surface area contributed by atoms with Gasteiger partial charge in [-0.05, 0) is 13.8 Å². The Morgan fingerprint density at radius 2 is 1.81 bits per heavy atom. The van der Waals surface area contributed by atoms with Gasteiger partial charge in [0.2, 0.25) is 0 Å². The van der Waals surface area contributed by atoms with Crippen molar-refractivity contribution >= 4 is 5.97 Å². The molecule has 0 fully saturated rings. The summed E-state index contributed by atoms with van der Waals surface area (Å²) in [5.74, 6) is 0.132. The molecule has 0 saturated heterocycles. The van der Waals surface area contributed by atoms with Crippen molar-refractivity contribution in [3.63, 3.8) is 0 Å². The predicted molar refractivity (Wildman–Crippen MR) is 60.6 cm³/mol. The fourth-order valence-corrected chi connectivity index (χ4v) is 1.68. The van der Waals surface area contributed by atoms with Gasteiger partial charge in [-0.1, -0.05) is 30.3 Å². The number of hydrogen-bond acceptors (Lipinski definition) is 2. The number of rotatable bonds is 2. The maximum atomic E-state index is 11.2. The fraction of sp³-hybridized carbons (Fsp3) is 0.154. The molecule has 1 N–H and O–H groups in total. The Kier molecular flexibility index (Phi) is 2.52. The molecule has 0 saturated carbocycles. The van der Waals surface area contributed by atoms with E-state index in [0.717, 1.165) is 5.56 Å². The molecule has 0 bridgehead atoms. The maximum absolute atomic E-state index is 11.2. The zero-order valence-electron chi connectivity index (χ0n) is 9.15. The molecular weight excluding hydrogens is 204 g/mol. The van der Waals surface area contributed by atoms with Crippen molar-refractivity contribution in [2.24, 2.45) is 0 Å². The number of carbonyl (C=O) groups is 1. The summed E-state index contributed by atoms with van der Waals surface area (Å²) in [5, 5.41) is 9.16. The van der Waals surface area contributed by atoms with Crippen molar-refractivity contribution in [3.8, 4) is 11.3 Å². The second-order valence-electron chi connectivity index (χ2n) is 3.66. The molecule has 1 aromatic heterocycles. The molecule has 1 aromatic carbocycles. The molecule has 0 aliphatic heterocycles. The molecule has 3 nitrogen and oxygen atoms in total. The smallest absolute Gasteiger partial charge is 0.339 e. The van der Waals surface area contributed by atoms with E-state index in [-0.39, 0.29) is 5.56 Å². The highest BCUT2D eigenvalue weighted by Crippen LogP contribution is 2.30. The van der Waals surface area contributed by atoms with Gasteiger partial charge in [0.15, 0.2) is 0 Å². The van der Waals surface area contributed by atoms with E-state index in [4.69, 9.17) is 9.52 Å². The van der Waals surface area contributed by atoms with E-state index < -0.39 is 5.97 Å². The van der Waals surface area contributed by atoms with Gasteiger partial charge >= 0.3 is 5.97 Å². The lowest BCUT2D eigenvalue weighted by Crippen LogP contribution is -1.98. The molecule has 0 unspecified atom stereocenters. The largest absolute Gasteiger partial charge is 0.478 e. The molecule has 2 rings (SSSR count). The van der Waals surface area contributed by atoms with E-state index in [9.17, 15) is 4.79 Å². The predicted octanol–water partition coefficient (Wildman–Crippen LogP) is 3.26. The van der Waals surface area contributed by atoms with E-state index in [0.29, 0.717) is 17.1 Å². The molecule has 82 valence electrons. The van der Waals surface area contributed by atoms with Crippen LogP contribution in [0.1, 0.15) is 21.7 Å². The molecule has 0 spiro atoms. The van der Waals surface area contributed by atoms with E-state index in [1.54, 1.807) is 13.8 Å². The number of benzene rings is 1. The molecule has 1 heterocycles. The monoisotopic (exact) mass is 216 g/mol.